The minimum atomic E-state index is -4.02. The Hall–Kier alpha value is -4.56. The second kappa shape index (κ2) is 14.7. The molecule has 0 aliphatic heterocycles. The van der Waals surface area contributed by atoms with Gasteiger partial charge in [-0.2, -0.15) is 8.42 Å². The number of hydrogen-bond acceptors (Lipinski definition) is 7. The number of fused-ring (bicyclic) bond motifs is 1. The van der Waals surface area contributed by atoms with E-state index >= 15 is 0 Å². The normalized spacial score (nSPS) is 11.9. The lowest BCUT2D eigenvalue weighted by Crippen LogP contribution is -2.40. The summed E-state index contributed by atoms with van der Waals surface area (Å²) in [6.07, 6.45) is 1.29. The molecule has 5 aromatic rings. The highest BCUT2D eigenvalue weighted by molar-refractivity contribution is 7.90. The third-order valence-corrected chi connectivity index (χ3v) is 9.73. The SMILES string of the molecule is CCc1nc2cc(C(C)(C)O)ccc2n1-c1ccc(CCNC(=O)NS(=O)(=O)c2ccc(C)cc2)cc1.Cc1ccc(S(=O)(=O)O)cc1. The van der Waals surface area contributed by atoms with Crippen molar-refractivity contribution in [1.29, 1.82) is 0 Å². The van der Waals surface area contributed by atoms with Crippen LogP contribution in [0.1, 0.15) is 48.8 Å². The molecule has 0 radical (unpaired) electrons. The van der Waals surface area contributed by atoms with E-state index in [1.165, 1.54) is 24.3 Å². The predicted molar refractivity (Wildman–Crippen MR) is 185 cm³/mol. The summed E-state index contributed by atoms with van der Waals surface area (Å²) in [6, 6.07) is 25.3. The summed E-state index contributed by atoms with van der Waals surface area (Å²) in [5.74, 6) is 0.920. The molecule has 0 atom stereocenters. The number of sulfonamides is 1. The predicted octanol–water partition coefficient (Wildman–Crippen LogP) is 5.60. The van der Waals surface area contributed by atoms with Crippen LogP contribution in [-0.4, -0.2) is 48.6 Å². The lowest BCUT2D eigenvalue weighted by Gasteiger charge is -2.17. The first-order valence-electron chi connectivity index (χ1n) is 15.2. The van der Waals surface area contributed by atoms with Gasteiger partial charge in [-0.25, -0.2) is 22.9 Å². The van der Waals surface area contributed by atoms with E-state index in [1.807, 2.05) is 61.0 Å². The summed E-state index contributed by atoms with van der Waals surface area (Å²) in [7, 11) is -7.94. The Morgan fingerprint density at radius 3 is 1.92 bits per heavy atom. The van der Waals surface area contributed by atoms with Crippen molar-refractivity contribution < 1.29 is 31.3 Å². The van der Waals surface area contributed by atoms with Crippen LogP contribution >= 0.6 is 0 Å². The number of carbonyl (C=O) groups excluding carboxylic acids is 1. The number of benzene rings is 4. The summed E-state index contributed by atoms with van der Waals surface area (Å²) < 4.78 is 58.4. The van der Waals surface area contributed by atoms with Gasteiger partial charge >= 0.3 is 6.03 Å². The molecular weight excluding hydrogens is 653 g/mol. The molecule has 0 bridgehead atoms. The van der Waals surface area contributed by atoms with E-state index in [9.17, 15) is 26.7 Å². The largest absolute Gasteiger partial charge is 0.386 e. The molecule has 4 aromatic carbocycles. The number of urea groups is 1. The quantitative estimate of drug-likeness (QED) is 0.145. The van der Waals surface area contributed by atoms with Gasteiger partial charge in [0, 0.05) is 18.7 Å². The van der Waals surface area contributed by atoms with Crippen LogP contribution in [-0.2, 0) is 38.6 Å². The average Bonchev–Trinajstić information content (AvgIpc) is 3.39. The van der Waals surface area contributed by atoms with E-state index < -0.39 is 31.8 Å². The van der Waals surface area contributed by atoms with E-state index in [4.69, 9.17) is 9.54 Å². The molecule has 4 N–H and O–H groups in total. The Bertz CT molecular complexity index is 2100. The summed E-state index contributed by atoms with van der Waals surface area (Å²) >= 11 is 0. The third kappa shape index (κ3) is 9.28. The van der Waals surface area contributed by atoms with Gasteiger partial charge in [0.05, 0.1) is 26.4 Å². The molecule has 254 valence electrons. The van der Waals surface area contributed by atoms with Crippen LogP contribution in [0.25, 0.3) is 16.7 Å². The molecular formula is C35H40N4O7S2. The lowest BCUT2D eigenvalue weighted by atomic mass is 9.98. The number of rotatable bonds is 9. The summed E-state index contributed by atoms with van der Waals surface area (Å²) in [4.78, 5) is 16.9. The fourth-order valence-electron chi connectivity index (χ4n) is 4.81. The van der Waals surface area contributed by atoms with E-state index in [0.717, 1.165) is 51.2 Å². The minimum absolute atomic E-state index is 0.0404. The van der Waals surface area contributed by atoms with Gasteiger partial charge in [0.2, 0.25) is 0 Å². The molecule has 0 unspecified atom stereocenters. The molecule has 0 fully saturated rings. The van der Waals surface area contributed by atoms with Crippen LogP contribution in [0.5, 0.6) is 0 Å². The van der Waals surface area contributed by atoms with Crippen molar-refractivity contribution in [2.24, 2.45) is 0 Å². The van der Waals surface area contributed by atoms with E-state index in [2.05, 4.69) is 16.8 Å². The highest BCUT2D eigenvalue weighted by Gasteiger charge is 2.19. The second-order valence-electron chi connectivity index (χ2n) is 11.9. The number of nitrogens with one attached hydrogen (secondary N) is 2. The van der Waals surface area contributed by atoms with Gasteiger partial charge in [0.15, 0.2) is 0 Å². The van der Waals surface area contributed by atoms with Crippen LogP contribution in [0.3, 0.4) is 0 Å². The first-order chi connectivity index (χ1) is 22.5. The first-order valence-corrected chi connectivity index (χ1v) is 18.2. The number of amides is 2. The highest BCUT2D eigenvalue weighted by Crippen LogP contribution is 2.27. The zero-order valence-corrected chi connectivity index (χ0v) is 29.1. The van der Waals surface area contributed by atoms with Crippen LogP contribution in [0.4, 0.5) is 4.79 Å². The molecule has 5 rings (SSSR count). The highest BCUT2D eigenvalue weighted by atomic mass is 32.2. The average molecular weight is 693 g/mol. The van der Waals surface area contributed by atoms with Crippen LogP contribution in [0.2, 0.25) is 0 Å². The fraction of sp³-hybridized carbons (Fsp3) is 0.257. The van der Waals surface area contributed by atoms with E-state index in [1.54, 1.807) is 38.1 Å². The van der Waals surface area contributed by atoms with Crippen molar-refractivity contribution >= 4 is 37.2 Å². The molecule has 48 heavy (non-hydrogen) atoms. The smallest absolute Gasteiger partial charge is 0.328 e. The fourth-order valence-corrected chi connectivity index (χ4v) is 6.22. The lowest BCUT2D eigenvalue weighted by molar-refractivity contribution is 0.0787. The molecule has 0 saturated heterocycles. The molecule has 0 spiro atoms. The first kappa shape index (κ1) is 36.3. The Balaban J connectivity index is 0.000000401. The van der Waals surface area contributed by atoms with Gasteiger partial charge in [0.25, 0.3) is 20.1 Å². The van der Waals surface area contributed by atoms with Gasteiger partial charge < -0.3 is 10.4 Å². The van der Waals surface area contributed by atoms with Crippen LogP contribution < -0.4 is 10.0 Å². The number of carbonyl (C=O) groups is 1. The molecule has 1 aromatic heterocycles. The molecule has 2 amide bonds. The number of hydrogen-bond donors (Lipinski definition) is 4. The molecule has 11 nitrogen and oxygen atoms in total. The van der Waals surface area contributed by atoms with Gasteiger partial charge in [-0.05, 0) is 93.8 Å². The van der Waals surface area contributed by atoms with Crippen molar-refractivity contribution in [2.45, 2.75) is 62.9 Å². The summed E-state index contributed by atoms with van der Waals surface area (Å²) in [6.45, 7) is 9.55. The Kier molecular flexibility index (Phi) is 11.1. The number of nitrogens with zero attached hydrogens (tertiary/aromatic N) is 2. The second-order valence-corrected chi connectivity index (χ2v) is 15.0. The summed E-state index contributed by atoms with van der Waals surface area (Å²) in [5.41, 5.74) is 5.51. The van der Waals surface area contributed by atoms with Crippen LogP contribution in [0, 0.1) is 13.8 Å². The molecule has 13 heteroatoms. The molecule has 0 aliphatic carbocycles. The van der Waals surface area contributed by atoms with E-state index in [0.29, 0.717) is 6.42 Å². The standard InChI is InChI=1S/C28H32N4O4S.C7H8O3S/c1-5-26-30-24-18-21(28(3,4)34)10-15-25(24)32(26)22-11-8-20(9-12-22)16-17-29-27(33)31-37(35,36)23-13-6-19(2)7-14-23;1-6-2-4-7(5-3-6)11(8,9)10/h6-15,18,34H,5,16-17H2,1-4H3,(H2,29,31,33);2-5H,1H3,(H,8,9,10). The van der Waals surface area contributed by atoms with Crippen molar-refractivity contribution in [1.82, 2.24) is 19.6 Å². The number of aryl methyl sites for hydroxylation is 3. The van der Waals surface area contributed by atoms with Gasteiger partial charge in [-0.3, -0.25) is 9.12 Å². The van der Waals surface area contributed by atoms with E-state index in [-0.39, 0.29) is 16.3 Å². The molecule has 0 saturated carbocycles. The maximum atomic E-state index is 12.4. The molecule has 0 aliphatic rings. The third-order valence-electron chi connectivity index (χ3n) is 7.52. The minimum Gasteiger partial charge on any atom is -0.386 e. The Morgan fingerprint density at radius 1 is 0.833 bits per heavy atom. The van der Waals surface area contributed by atoms with Gasteiger partial charge in [-0.15, -0.1) is 0 Å². The zero-order valence-electron chi connectivity index (χ0n) is 27.4. The van der Waals surface area contributed by atoms with Crippen molar-refractivity contribution in [3.63, 3.8) is 0 Å². The zero-order chi connectivity index (χ0) is 35.3. The molecule has 1 heterocycles. The van der Waals surface area contributed by atoms with Crippen molar-refractivity contribution in [3.05, 3.63) is 119 Å². The maximum Gasteiger partial charge on any atom is 0.328 e. The number of aliphatic hydroxyl groups is 1. The maximum absolute atomic E-state index is 12.4. The van der Waals surface area contributed by atoms with Crippen molar-refractivity contribution in [2.75, 3.05) is 6.54 Å². The Labute approximate surface area is 281 Å². The monoisotopic (exact) mass is 692 g/mol. The van der Waals surface area contributed by atoms with Gasteiger partial charge in [0.1, 0.15) is 5.82 Å². The van der Waals surface area contributed by atoms with Gasteiger partial charge in [-0.1, -0.05) is 60.5 Å². The van der Waals surface area contributed by atoms with Crippen molar-refractivity contribution in [3.8, 4) is 5.69 Å². The number of aromatic nitrogens is 2. The topological polar surface area (TPSA) is 168 Å². The Morgan fingerprint density at radius 2 is 1.40 bits per heavy atom. The number of imidazole rings is 1. The summed E-state index contributed by atoms with van der Waals surface area (Å²) in [5, 5.41) is 13.0. The van der Waals surface area contributed by atoms with Crippen LogP contribution in [0.15, 0.2) is 101 Å².